The molecule has 30 heavy (non-hydrogen) atoms. The topological polar surface area (TPSA) is 112 Å². The molecule has 158 valence electrons. The molecule has 2 N–H and O–H groups in total. The van der Waals surface area contributed by atoms with Crippen LogP contribution in [0.25, 0.3) is 0 Å². The number of alkyl halides is 3. The molecule has 1 aromatic carbocycles. The summed E-state index contributed by atoms with van der Waals surface area (Å²) < 4.78 is 54.0. The van der Waals surface area contributed by atoms with E-state index in [1.165, 1.54) is 4.68 Å². The predicted octanol–water partition coefficient (Wildman–Crippen LogP) is 2.26. The van der Waals surface area contributed by atoms with Crippen molar-refractivity contribution in [1.82, 2.24) is 9.78 Å². The summed E-state index contributed by atoms with van der Waals surface area (Å²) in [7, 11) is 0. The normalized spacial score (nSPS) is 20.3. The van der Waals surface area contributed by atoms with Gasteiger partial charge in [-0.2, -0.15) is 10.4 Å². The molecule has 1 unspecified atom stereocenters. The summed E-state index contributed by atoms with van der Waals surface area (Å²) >= 11 is 0. The largest absolute Gasteiger partial charge is 0.522 e. The Morgan fingerprint density at radius 3 is 2.93 bits per heavy atom. The van der Waals surface area contributed by atoms with E-state index in [9.17, 15) is 18.0 Å². The summed E-state index contributed by atoms with van der Waals surface area (Å²) in [5, 5.41) is 13.3. The molecule has 2 aromatic rings. The molecule has 0 bridgehead atoms. The number of primary amides is 1. The number of rotatable bonds is 4. The van der Waals surface area contributed by atoms with Crippen molar-refractivity contribution >= 4 is 5.91 Å². The molecule has 0 fully saturated rings. The number of hydrogen-bond acceptors (Lipinski definition) is 6. The van der Waals surface area contributed by atoms with E-state index in [1.54, 1.807) is 18.2 Å². The molecule has 0 saturated heterocycles. The van der Waals surface area contributed by atoms with Crippen LogP contribution in [0.15, 0.2) is 18.2 Å². The summed E-state index contributed by atoms with van der Waals surface area (Å²) in [6.45, 7) is -0.218. The Balaban J connectivity index is 1.64. The molecule has 11 heteroatoms. The fourth-order valence-corrected chi connectivity index (χ4v) is 3.72. The van der Waals surface area contributed by atoms with Crippen molar-refractivity contribution in [3.05, 3.63) is 40.6 Å². The van der Waals surface area contributed by atoms with Gasteiger partial charge in [0.25, 0.3) is 5.91 Å². The highest BCUT2D eigenvalue weighted by atomic mass is 19.4. The fourth-order valence-electron chi connectivity index (χ4n) is 3.72. The van der Waals surface area contributed by atoms with Crippen molar-refractivity contribution in [2.45, 2.75) is 37.8 Å². The Morgan fingerprint density at radius 2 is 2.23 bits per heavy atom. The number of hydrogen-bond donors (Lipinski definition) is 1. The van der Waals surface area contributed by atoms with E-state index in [1.807, 2.05) is 0 Å². The minimum atomic E-state index is -4.76. The number of nitriles is 1. The van der Waals surface area contributed by atoms with Crippen LogP contribution in [0.2, 0.25) is 0 Å². The summed E-state index contributed by atoms with van der Waals surface area (Å²) in [5.41, 5.74) is 7.12. The second kappa shape index (κ2) is 7.53. The predicted molar refractivity (Wildman–Crippen MR) is 94.9 cm³/mol. The number of nitrogens with zero attached hydrogens (tertiary/aromatic N) is 3. The lowest BCUT2D eigenvalue weighted by atomic mass is 9.89. The van der Waals surface area contributed by atoms with E-state index in [0.717, 1.165) is 5.56 Å². The number of halogens is 3. The number of nitrogens with two attached hydrogens (primary N) is 1. The first kappa shape index (κ1) is 20.0. The second-order valence-corrected chi connectivity index (χ2v) is 7.09. The monoisotopic (exact) mass is 422 g/mol. The summed E-state index contributed by atoms with van der Waals surface area (Å²) in [4.78, 5) is 12.0. The number of carbonyl (C=O) groups excluding carboxylic acids is 1. The number of carbonyl (C=O) groups is 1. The number of fused-ring (bicyclic) bond motifs is 2. The molecule has 1 amide bonds. The lowest BCUT2D eigenvalue weighted by Gasteiger charge is -2.29. The van der Waals surface area contributed by atoms with Gasteiger partial charge in [0.2, 0.25) is 5.88 Å². The minimum Gasteiger partial charge on any atom is -0.493 e. The van der Waals surface area contributed by atoms with Gasteiger partial charge in [0.1, 0.15) is 11.9 Å². The first-order chi connectivity index (χ1) is 14.2. The third kappa shape index (κ3) is 3.91. The van der Waals surface area contributed by atoms with Gasteiger partial charge >= 0.3 is 6.36 Å². The van der Waals surface area contributed by atoms with Crippen LogP contribution < -0.4 is 15.2 Å². The SMILES string of the molecule is N#Cc1ccc2c(c1)C[C@H](c1c(C(N)=O)nn3c1OC(COC(F)(F)F)CC3)CO2. The van der Waals surface area contributed by atoms with Gasteiger partial charge in [-0.3, -0.25) is 9.53 Å². The first-order valence-corrected chi connectivity index (χ1v) is 9.19. The maximum Gasteiger partial charge on any atom is 0.522 e. The van der Waals surface area contributed by atoms with Gasteiger partial charge in [0, 0.05) is 18.9 Å². The number of amides is 1. The van der Waals surface area contributed by atoms with Crippen molar-refractivity contribution in [2.75, 3.05) is 13.2 Å². The van der Waals surface area contributed by atoms with Crippen molar-refractivity contribution in [3.63, 3.8) is 0 Å². The average Bonchev–Trinajstić information content (AvgIpc) is 3.10. The molecule has 1 aromatic heterocycles. The lowest BCUT2D eigenvalue weighted by molar-refractivity contribution is -0.330. The van der Waals surface area contributed by atoms with Crippen molar-refractivity contribution < 1.29 is 32.2 Å². The average molecular weight is 422 g/mol. The molecular formula is C19H17F3N4O4. The summed E-state index contributed by atoms with van der Waals surface area (Å²) in [6, 6.07) is 7.10. The molecule has 0 radical (unpaired) electrons. The molecule has 2 aliphatic rings. The van der Waals surface area contributed by atoms with Crippen LogP contribution in [0.3, 0.4) is 0 Å². The third-order valence-corrected chi connectivity index (χ3v) is 5.05. The van der Waals surface area contributed by atoms with E-state index in [2.05, 4.69) is 15.9 Å². The third-order valence-electron chi connectivity index (χ3n) is 5.05. The van der Waals surface area contributed by atoms with Crippen molar-refractivity contribution in [1.29, 1.82) is 5.26 Å². The maximum atomic E-state index is 12.4. The van der Waals surface area contributed by atoms with Crippen LogP contribution in [-0.2, 0) is 17.7 Å². The zero-order chi connectivity index (χ0) is 21.5. The van der Waals surface area contributed by atoms with Crippen LogP contribution in [0.4, 0.5) is 13.2 Å². The molecule has 2 aliphatic heterocycles. The molecule has 0 saturated carbocycles. The van der Waals surface area contributed by atoms with Gasteiger partial charge in [0.15, 0.2) is 5.69 Å². The zero-order valence-electron chi connectivity index (χ0n) is 15.6. The van der Waals surface area contributed by atoms with Gasteiger partial charge in [-0.25, -0.2) is 4.68 Å². The van der Waals surface area contributed by atoms with Crippen LogP contribution in [-0.4, -0.2) is 41.4 Å². The molecule has 2 atom stereocenters. The number of aromatic nitrogens is 2. The van der Waals surface area contributed by atoms with Crippen molar-refractivity contribution in [2.24, 2.45) is 5.73 Å². The molecule has 8 nitrogen and oxygen atoms in total. The number of aryl methyl sites for hydroxylation is 1. The van der Waals surface area contributed by atoms with Crippen LogP contribution in [0, 0.1) is 11.3 Å². The zero-order valence-corrected chi connectivity index (χ0v) is 15.6. The highest BCUT2D eigenvalue weighted by molar-refractivity contribution is 5.93. The Hall–Kier alpha value is -3.26. The van der Waals surface area contributed by atoms with E-state index in [-0.39, 0.29) is 37.1 Å². The van der Waals surface area contributed by atoms with E-state index >= 15 is 0 Å². The summed E-state index contributed by atoms with van der Waals surface area (Å²) in [6.07, 6.45) is -4.95. The van der Waals surface area contributed by atoms with E-state index in [4.69, 9.17) is 20.5 Å². The van der Waals surface area contributed by atoms with Crippen LogP contribution in [0.5, 0.6) is 11.6 Å². The van der Waals surface area contributed by atoms with Crippen LogP contribution >= 0.6 is 0 Å². The first-order valence-electron chi connectivity index (χ1n) is 9.19. The van der Waals surface area contributed by atoms with Gasteiger partial charge in [-0.05, 0) is 30.2 Å². The molecule has 0 aliphatic carbocycles. The Morgan fingerprint density at radius 1 is 1.43 bits per heavy atom. The highest BCUT2D eigenvalue weighted by Gasteiger charge is 2.37. The number of benzene rings is 1. The van der Waals surface area contributed by atoms with Crippen molar-refractivity contribution in [3.8, 4) is 17.7 Å². The fraction of sp³-hybridized carbons (Fsp3) is 0.421. The van der Waals surface area contributed by atoms with E-state index < -0.39 is 25.0 Å². The minimum absolute atomic E-state index is 0.00382. The van der Waals surface area contributed by atoms with Gasteiger partial charge in [0.05, 0.1) is 30.4 Å². The lowest BCUT2D eigenvalue weighted by Crippen LogP contribution is -2.33. The van der Waals surface area contributed by atoms with Gasteiger partial charge in [-0.1, -0.05) is 0 Å². The Kier molecular flexibility index (Phi) is 5.03. The van der Waals surface area contributed by atoms with E-state index in [0.29, 0.717) is 23.3 Å². The smallest absolute Gasteiger partial charge is 0.493 e. The standard InChI is InChI=1S/C19H17F3N4O4/c20-19(21,22)29-9-13-3-4-26-18(30-13)15(16(25-26)17(24)27)12-6-11-5-10(7-23)1-2-14(11)28-8-12/h1-2,5,12-13H,3-4,6,8-9H2,(H2,24,27)/t12-,13?/m0/s1. The highest BCUT2D eigenvalue weighted by Crippen LogP contribution is 2.40. The van der Waals surface area contributed by atoms with Crippen LogP contribution in [0.1, 0.15) is 39.5 Å². The van der Waals surface area contributed by atoms with Gasteiger partial charge in [-0.15, -0.1) is 13.2 Å². The summed E-state index contributed by atoms with van der Waals surface area (Å²) in [5.74, 6) is -0.321. The number of ether oxygens (including phenoxy) is 3. The second-order valence-electron chi connectivity index (χ2n) is 7.09. The Bertz CT molecular complexity index is 1030. The molecule has 0 spiro atoms. The van der Waals surface area contributed by atoms with Gasteiger partial charge < -0.3 is 15.2 Å². The molecular weight excluding hydrogens is 405 g/mol. The molecule has 3 heterocycles. The molecule has 4 rings (SSSR count). The quantitative estimate of drug-likeness (QED) is 0.809. The Labute approximate surface area is 168 Å². The maximum absolute atomic E-state index is 12.4.